The van der Waals surface area contributed by atoms with Crippen molar-refractivity contribution in [2.45, 2.75) is 13.3 Å². The minimum Gasteiger partial charge on any atom is -0.482 e. The maximum Gasteiger partial charge on any atom is 0.271 e. The Morgan fingerprint density at radius 3 is 2.74 bits per heavy atom. The number of halogens is 1. The number of hydrogen-bond acceptors (Lipinski definition) is 5. The normalized spacial score (nSPS) is 12.4. The summed E-state index contributed by atoms with van der Waals surface area (Å²) < 4.78 is 5.33. The summed E-state index contributed by atoms with van der Waals surface area (Å²) in [5, 5.41) is 13.5. The number of nitro groups is 1. The highest BCUT2D eigenvalue weighted by Crippen LogP contribution is 2.31. The molecule has 1 N–H and O–H groups in total. The summed E-state index contributed by atoms with van der Waals surface area (Å²) in [6.45, 7) is 1.85. The summed E-state index contributed by atoms with van der Waals surface area (Å²) in [6, 6.07) is 9.11. The van der Waals surface area contributed by atoms with Crippen LogP contribution in [0.5, 0.6) is 5.75 Å². The fourth-order valence-corrected chi connectivity index (χ4v) is 3.10. The van der Waals surface area contributed by atoms with E-state index in [4.69, 9.17) is 16.3 Å². The lowest BCUT2D eigenvalue weighted by atomic mass is 10.1. The van der Waals surface area contributed by atoms with Crippen LogP contribution in [0.25, 0.3) is 0 Å². The van der Waals surface area contributed by atoms with E-state index in [0.29, 0.717) is 12.2 Å². The molecule has 0 radical (unpaired) electrons. The Morgan fingerprint density at radius 2 is 2.07 bits per heavy atom. The summed E-state index contributed by atoms with van der Waals surface area (Å²) in [6.07, 6.45) is 0.730. The van der Waals surface area contributed by atoms with Crippen LogP contribution in [0.15, 0.2) is 36.4 Å². The van der Waals surface area contributed by atoms with Crippen molar-refractivity contribution in [3.8, 4) is 5.75 Å². The summed E-state index contributed by atoms with van der Waals surface area (Å²) in [7, 11) is 0. The molecule has 0 aromatic heterocycles. The predicted molar refractivity (Wildman–Crippen MR) is 100 cm³/mol. The van der Waals surface area contributed by atoms with Crippen molar-refractivity contribution in [3.63, 3.8) is 0 Å². The monoisotopic (exact) mass is 389 g/mol. The summed E-state index contributed by atoms with van der Waals surface area (Å²) in [5.41, 5.74) is 2.29. The molecule has 0 aliphatic carbocycles. The van der Waals surface area contributed by atoms with E-state index in [9.17, 15) is 19.7 Å². The maximum absolute atomic E-state index is 12.1. The van der Waals surface area contributed by atoms with Crippen LogP contribution < -0.4 is 15.0 Å². The van der Waals surface area contributed by atoms with Crippen LogP contribution in [0.1, 0.15) is 12.5 Å². The number of anilines is 2. The molecule has 0 spiro atoms. The number of carbonyl (C=O) groups excluding carboxylic acids is 2. The van der Waals surface area contributed by atoms with Gasteiger partial charge in [-0.1, -0.05) is 11.6 Å². The zero-order valence-corrected chi connectivity index (χ0v) is 15.2. The number of amides is 2. The van der Waals surface area contributed by atoms with E-state index in [0.717, 1.165) is 23.7 Å². The highest BCUT2D eigenvalue weighted by atomic mass is 35.5. The molecule has 2 aromatic rings. The van der Waals surface area contributed by atoms with Gasteiger partial charge in [-0.25, -0.2) is 0 Å². The average molecular weight is 390 g/mol. The quantitative estimate of drug-likeness (QED) is 0.625. The highest BCUT2D eigenvalue weighted by Gasteiger charge is 2.22. The SMILES string of the molecule is CC(=O)N1CCc2cc(NC(=O)COc3ccc([N+](=O)[O-])cc3Cl)ccc21. The van der Waals surface area contributed by atoms with Gasteiger partial charge in [0, 0.05) is 37.0 Å². The summed E-state index contributed by atoms with van der Waals surface area (Å²) in [4.78, 5) is 35.5. The van der Waals surface area contributed by atoms with E-state index >= 15 is 0 Å². The van der Waals surface area contributed by atoms with Gasteiger partial charge in [-0.3, -0.25) is 19.7 Å². The molecular formula is C18H16ClN3O5. The zero-order chi connectivity index (χ0) is 19.6. The van der Waals surface area contributed by atoms with Crippen LogP contribution in [-0.2, 0) is 16.0 Å². The second-order valence-corrected chi connectivity index (χ2v) is 6.38. The molecule has 27 heavy (non-hydrogen) atoms. The van der Waals surface area contributed by atoms with Gasteiger partial charge in [0.25, 0.3) is 11.6 Å². The Labute approximate surface area is 159 Å². The Morgan fingerprint density at radius 1 is 1.30 bits per heavy atom. The van der Waals surface area contributed by atoms with Gasteiger partial charge in [0.2, 0.25) is 5.91 Å². The molecule has 9 heteroatoms. The molecule has 0 unspecified atom stereocenters. The number of nitrogens with one attached hydrogen (secondary N) is 1. The van der Waals surface area contributed by atoms with Crippen LogP contribution in [0.3, 0.4) is 0 Å². The number of nitro benzene ring substituents is 1. The van der Waals surface area contributed by atoms with Gasteiger partial charge in [-0.2, -0.15) is 0 Å². The predicted octanol–water partition coefficient (Wildman–Crippen LogP) is 3.17. The Balaban J connectivity index is 1.60. The lowest BCUT2D eigenvalue weighted by Crippen LogP contribution is -2.25. The van der Waals surface area contributed by atoms with Gasteiger partial charge in [0.05, 0.1) is 9.95 Å². The molecular weight excluding hydrogens is 374 g/mol. The van der Waals surface area contributed by atoms with Gasteiger partial charge in [-0.05, 0) is 36.2 Å². The van der Waals surface area contributed by atoms with Crippen molar-refractivity contribution in [1.82, 2.24) is 0 Å². The minimum absolute atomic E-state index is 0.0149. The van der Waals surface area contributed by atoms with Crippen molar-refractivity contribution < 1.29 is 19.2 Å². The summed E-state index contributed by atoms with van der Waals surface area (Å²) in [5.74, 6) is -0.229. The van der Waals surface area contributed by atoms with E-state index in [2.05, 4.69) is 5.32 Å². The van der Waals surface area contributed by atoms with Crippen LogP contribution >= 0.6 is 11.6 Å². The van der Waals surface area contributed by atoms with Crippen LogP contribution in [0, 0.1) is 10.1 Å². The first-order valence-corrected chi connectivity index (χ1v) is 8.50. The van der Waals surface area contributed by atoms with Crippen LogP contribution in [0.2, 0.25) is 5.02 Å². The van der Waals surface area contributed by atoms with Gasteiger partial charge in [0.15, 0.2) is 6.61 Å². The molecule has 0 saturated heterocycles. The van der Waals surface area contributed by atoms with Crippen molar-refractivity contribution >= 4 is 40.5 Å². The lowest BCUT2D eigenvalue weighted by Gasteiger charge is -2.15. The number of benzene rings is 2. The molecule has 2 amide bonds. The number of nitrogens with zero attached hydrogens (tertiary/aromatic N) is 2. The number of ether oxygens (including phenoxy) is 1. The first-order chi connectivity index (χ1) is 12.8. The van der Waals surface area contributed by atoms with Gasteiger partial charge < -0.3 is 15.0 Å². The fourth-order valence-electron chi connectivity index (χ4n) is 2.87. The highest BCUT2D eigenvalue weighted by molar-refractivity contribution is 6.32. The van der Waals surface area contributed by atoms with Crippen molar-refractivity contribution in [2.24, 2.45) is 0 Å². The molecule has 2 aromatic carbocycles. The van der Waals surface area contributed by atoms with Crippen molar-refractivity contribution in [3.05, 3.63) is 57.1 Å². The Kier molecular flexibility index (Phi) is 5.27. The van der Waals surface area contributed by atoms with Crippen molar-refractivity contribution in [2.75, 3.05) is 23.4 Å². The molecule has 0 bridgehead atoms. The van der Waals surface area contributed by atoms with E-state index in [1.165, 1.54) is 19.1 Å². The number of fused-ring (bicyclic) bond motifs is 1. The fraction of sp³-hybridized carbons (Fsp3) is 0.222. The van der Waals surface area contributed by atoms with Crippen LogP contribution in [-0.4, -0.2) is 29.9 Å². The Hall–Kier alpha value is -3.13. The van der Waals surface area contributed by atoms with Gasteiger partial charge >= 0.3 is 0 Å². The van der Waals surface area contributed by atoms with E-state index in [1.54, 1.807) is 17.0 Å². The minimum atomic E-state index is -0.566. The zero-order valence-electron chi connectivity index (χ0n) is 14.4. The first kappa shape index (κ1) is 18.7. The number of non-ortho nitro benzene ring substituents is 1. The number of hydrogen-bond donors (Lipinski definition) is 1. The van der Waals surface area contributed by atoms with E-state index in [-0.39, 0.29) is 29.0 Å². The standard InChI is InChI=1S/C18H16ClN3O5/c1-11(23)21-7-6-12-8-13(2-4-16(12)21)20-18(24)10-27-17-5-3-14(22(25)26)9-15(17)19/h2-5,8-9H,6-7,10H2,1H3,(H,20,24). The molecule has 1 heterocycles. The average Bonchev–Trinajstić information content (AvgIpc) is 3.04. The smallest absolute Gasteiger partial charge is 0.271 e. The third-order valence-corrected chi connectivity index (χ3v) is 4.42. The third-order valence-electron chi connectivity index (χ3n) is 4.12. The van der Waals surface area contributed by atoms with Gasteiger partial charge in [-0.15, -0.1) is 0 Å². The summed E-state index contributed by atoms with van der Waals surface area (Å²) >= 11 is 5.93. The van der Waals surface area contributed by atoms with E-state index < -0.39 is 10.8 Å². The topological polar surface area (TPSA) is 102 Å². The lowest BCUT2D eigenvalue weighted by molar-refractivity contribution is -0.384. The first-order valence-electron chi connectivity index (χ1n) is 8.13. The molecule has 3 rings (SSSR count). The van der Waals surface area contributed by atoms with Crippen molar-refractivity contribution in [1.29, 1.82) is 0 Å². The second-order valence-electron chi connectivity index (χ2n) is 5.97. The number of rotatable bonds is 5. The number of carbonyl (C=O) groups is 2. The molecule has 0 atom stereocenters. The van der Waals surface area contributed by atoms with Gasteiger partial charge in [0.1, 0.15) is 5.75 Å². The molecule has 1 aliphatic heterocycles. The van der Waals surface area contributed by atoms with E-state index in [1.807, 2.05) is 6.07 Å². The molecule has 140 valence electrons. The molecule has 1 aliphatic rings. The molecule has 0 saturated carbocycles. The third kappa shape index (κ3) is 4.17. The largest absolute Gasteiger partial charge is 0.482 e. The van der Waals surface area contributed by atoms with Crippen LogP contribution in [0.4, 0.5) is 17.1 Å². The maximum atomic E-state index is 12.1. The molecule has 8 nitrogen and oxygen atoms in total. The second kappa shape index (κ2) is 7.63. The Bertz CT molecular complexity index is 931. The molecule has 0 fully saturated rings.